The highest BCUT2D eigenvalue weighted by atomic mass is 16.7. The number of carbonyl (C=O) groups is 1. The third kappa shape index (κ3) is 4.02. The largest absolute Gasteiger partial charge is 0.494 e. The highest BCUT2D eigenvalue weighted by Crippen LogP contribution is 2.38. The fourth-order valence-corrected chi connectivity index (χ4v) is 2.55. The molecule has 0 unspecified atom stereocenters. The number of amides is 1. The van der Waals surface area contributed by atoms with E-state index in [1.54, 1.807) is 30.3 Å². The van der Waals surface area contributed by atoms with Crippen LogP contribution in [0.4, 0.5) is 11.4 Å². The zero-order chi connectivity index (χ0) is 20.1. The van der Waals surface area contributed by atoms with Crippen molar-refractivity contribution in [2.45, 2.75) is 6.92 Å². The second-order valence-corrected chi connectivity index (χ2v) is 5.61. The number of hydrogen-bond donors (Lipinski definition) is 1. The lowest BCUT2D eigenvalue weighted by Gasteiger charge is -2.07. The maximum absolute atomic E-state index is 12.5. The standard InChI is InChI=1S/C19H15N3O6/c1-2-26-15-5-3-4-14(8-15)21-19(23)13(10-20)6-12-7-17-18(28-11-27-17)9-16(12)22(24)25/h3-9H,2,11H2,1H3,(H,21,23)/b13-6+. The number of carbonyl (C=O) groups excluding carboxylic acids is 1. The lowest BCUT2D eigenvalue weighted by atomic mass is 10.1. The van der Waals surface area contributed by atoms with Crippen molar-refractivity contribution >= 4 is 23.4 Å². The highest BCUT2D eigenvalue weighted by molar-refractivity contribution is 6.10. The molecule has 0 atom stereocenters. The highest BCUT2D eigenvalue weighted by Gasteiger charge is 2.23. The van der Waals surface area contributed by atoms with E-state index in [1.807, 2.05) is 6.92 Å². The van der Waals surface area contributed by atoms with Crippen LogP contribution in [0.15, 0.2) is 42.0 Å². The monoisotopic (exact) mass is 381 g/mol. The fourth-order valence-electron chi connectivity index (χ4n) is 2.55. The predicted octanol–water partition coefficient (Wildman–Crippen LogP) is 3.27. The first-order chi connectivity index (χ1) is 13.5. The van der Waals surface area contributed by atoms with Crippen LogP contribution in [-0.2, 0) is 4.79 Å². The number of ether oxygens (including phenoxy) is 3. The Hall–Kier alpha value is -4.06. The lowest BCUT2D eigenvalue weighted by molar-refractivity contribution is -0.385. The molecule has 0 spiro atoms. The van der Waals surface area contributed by atoms with Crippen LogP contribution >= 0.6 is 0 Å². The molecule has 1 aliphatic heterocycles. The average Bonchev–Trinajstić information content (AvgIpc) is 3.13. The maximum atomic E-state index is 12.5. The van der Waals surface area contributed by atoms with Gasteiger partial charge in [-0.1, -0.05) is 6.07 Å². The van der Waals surface area contributed by atoms with Crippen LogP contribution in [0, 0.1) is 21.4 Å². The lowest BCUT2D eigenvalue weighted by Crippen LogP contribution is -2.13. The van der Waals surface area contributed by atoms with E-state index < -0.39 is 10.8 Å². The summed E-state index contributed by atoms with van der Waals surface area (Å²) < 4.78 is 15.7. The van der Waals surface area contributed by atoms with Crippen LogP contribution in [0.5, 0.6) is 17.2 Å². The molecule has 1 amide bonds. The van der Waals surface area contributed by atoms with Crippen LogP contribution in [0.3, 0.4) is 0 Å². The number of fused-ring (bicyclic) bond motifs is 1. The van der Waals surface area contributed by atoms with Gasteiger partial charge in [-0.2, -0.15) is 5.26 Å². The molecular weight excluding hydrogens is 366 g/mol. The summed E-state index contributed by atoms with van der Waals surface area (Å²) in [4.78, 5) is 23.2. The molecule has 0 aliphatic carbocycles. The van der Waals surface area contributed by atoms with Gasteiger partial charge in [-0.05, 0) is 31.2 Å². The summed E-state index contributed by atoms with van der Waals surface area (Å²) >= 11 is 0. The van der Waals surface area contributed by atoms with Gasteiger partial charge in [0, 0.05) is 11.8 Å². The minimum absolute atomic E-state index is 0.0541. The summed E-state index contributed by atoms with van der Waals surface area (Å²) in [6, 6.07) is 11.0. The second kappa shape index (κ2) is 8.09. The van der Waals surface area contributed by atoms with Gasteiger partial charge in [0.2, 0.25) is 6.79 Å². The van der Waals surface area contributed by atoms with Gasteiger partial charge in [0.1, 0.15) is 17.4 Å². The molecular formula is C19H15N3O6. The molecule has 0 saturated heterocycles. The number of nitrogens with zero attached hydrogens (tertiary/aromatic N) is 2. The van der Waals surface area contributed by atoms with Gasteiger partial charge < -0.3 is 19.5 Å². The van der Waals surface area contributed by atoms with E-state index in [-0.39, 0.29) is 29.4 Å². The normalized spacial score (nSPS) is 12.2. The van der Waals surface area contributed by atoms with E-state index in [2.05, 4.69) is 5.32 Å². The van der Waals surface area contributed by atoms with Gasteiger partial charge in [0.05, 0.1) is 23.2 Å². The fraction of sp³-hybridized carbons (Fsp3) is 0.158. The molecule has 142 valence electrons. The topological polar surface area (TPSA) is 124 Å². The molecule has 0 aromatic heterocycles. The zero-order valence-corrected chi connectivity index (χ0v) is 14.8. The number of anilines is 1. The second-order valence-electron chi connectivity index (χ2n) is 5.61. The van der Waals surface area contributed by atoms with Crippen LogP contribution < -0.4 is 19.5 Å². The van der Waals surface area contributed by atoms with E-state index in [4.69, 9.17) is 14.2 Å². The Morgan fingerprint density at radius 2 is 2.11 bits per heavy atom. The van der Waals surface area contributed by atoms with Gasteiger partial charge >= 0.3 is 0 Å². The van der Waals surface area contributed by atoms with Crippen molar-refractivity contribution in [1.29, 1.82) is 5.26 Å². The molecule has 1 N–H and O–H groups in total. The Labute approximate surface area is 159 Å². The first-order valence-corrected chi connectivity index (χ1v) is 8.26. The smallest absolute Gasteiger partial charge is 0.280 e. The number of nitro groups is 1. The van der Waals surface area contributed by atoms with Crippen molar-refractivity contribution in [3.05, 3.63) is 57.6 Å². The summed E-state index contributed by atoms with van der Waals surface area (Å²) in [7, 11) is 0. The number of nitriles is 1. The van der Waals surface area contributed by atoms with E-state index >= 15 is 0 Å². The van der Waals surface area contributed by atoms with Crippen molar-refractivity contribution in [3.63, 3.8) is 0 Å². The van der Waals surface area contributed by atoms with Crippen LogP contribution in [-0.4, -0.2) is 24.2 Å². The Bertz CT molecular complexity index is 1010. The van der Waals surface area contributed by atoms with E-state index in [1.165, 1.54) is 12.1 Å². The molecule has 1 heterocycles. The van der Waals surface area contributed by atoms with Crippen molar-refractivity contribution in [3.8, 4) is 23.3 Å². The first kappa shape index (κ1) is 18.7. The van der Waals surface area contributed by atoms with Crippen molar-refractivity contribution in [2.75, 3.05) is 18.7 Å². The molecule has 0 fully saturated rings. The number of nitrogens with one attached hydrogen (secondary N) is 1. The van der Waals surface area contributed by atoms with Gasteiger partial charge in [0.15, 0.2) is 11.5 Å². The van der Waals surface area contributed by atoms with Crippen LogP contribution in [0.1, 0.15) is 12.5 Å². The molecule has 0 bridgehead atoms. The third-order valence-corrected chi connectivity index (χ3v) is 3.79. The molecule has 9 heteroatoms. The Morgan fingerprint density at radius 3 is 2.79 bits per heavy atom. The summed E-state index contributed by atoms with van der Waals surface area (Å²) in [5.41, 5.74) is -0.117. The molecule has 9 nitrogen and oxygen atoms in total. The number of nitro benzene ring substituents is 1. The third-order valence-electron chi connectivity index (χ3n) is 3.79. The number of hydrogen-bond acceptors (Lipinski definition) is 7. The Kier molecular flexibility index (Phi) is 5.41. The van der Waals surface area contributed by atoms with Gasteiger partial charge in [0.25, 0.3) is 11.6 Å². The summed E-state index contributed by atoms with van der Waals surface area (Å²) in [5.74, 6) is 0.399. The van der Waals surface area contributed by atoms with Crippen molar-refractivity contribution in [2.24, 2.45) is 0 Å². The molecule has 0 radical (unpaired) electrons. The SMILES string of the molecule is CCOc1cccc(NC(=O)/C(C#N)=C/c2cc3c(cc2[N+](=O)[O-])OCO3)c1. The molecule has 1 aliphatic rings. The summed E-state index contributed by atoms with van der Waals surface area (Å²) in [6.45, 7) is 2.25. The average molecular weight is 381 g/mol. The van der Waals surface area contributed by atoms with Crippen molar-refractivity contribution < 1.29 is 23.9 Å². The maximum Gasteiger partial charge on any atom is 0.280 e. The summed E-state index contributed by atoms with van der Waals surface area (Å²) in [5, 5.41) is 23.3. The van der Waals surface area contributed by atoms with Crippen molar-refractivity contribution in [1.82, 2.24) is 0 Å². The van der Waals surface area contributed by atoms with E-state index in [9.17, 15) is 20.2 Å². The van der Waals surface area contributed by atoms with Crippen LogP contribution in [0.2, 0.25) is 0 Å². The molecule has 0 saturated carbocycles. The molecule has 2 aromatic rings. The molecule has 3 rings (SSSR count). The van der Waals surface area contributed by atoms with Gasteiger partial charge in [-0.25, -0.2) is 0 Å². The van der Waals surface area contributed by atoms with Crippen LogP contribution in [0.25, 0.3) is 6.08 Å². The quantitative estimate of drug-likeness (QED) is 0.352. The zero-order valence-electron chi connectivity index (χ0n) is 14.8. The molecule has 28 heavy (non-hydrogen) atoms. The van der Waals surface area contributed by atoms with E-state index in [0.717, 1.165) is 6.08 Å². The van der Waals surface area contributed by atoms with E-state index in [0.29, 0.717) is 23.8 Å². The van der Waals surface area contributed by atoms with Gasteiger partial charge in [-0.3, -0.25) is 14.9 Å². The minimum atomic E-state index is -0.705. The number of benzene rings is 2. The molecule has 2 aromatic carbocycles. The Morgan fingerprint density at radius 1 is 1.36 bits per heavy atom. The minimum Gasteiger partial charge on any atom is -0.494 e. The number of rotatable bonds is 6. The summed E-state index contributed by atoms with van der Waals surface area (Å²) in [6.07, 6.45) is 1.14. The predicted molar refractivity (Wildman–Crippen MR) is 99.1 cm³/mol. The Balaban J connectivity index is 1.90. The van der Waals surface area contributed by atoms with Gasteiger partial charge in [-0.15, -0.1) is 0 Å². The first-order valence-electron chi connectivity index (χ1n) is 8.26.